The molecule has 2 aromatic carbocycles. The van der Waals surface area contributed by atoms with Crippen molar-refractivity contribution in [1.29, 1.82) is 0 Å². The van der Waals surface area contributed by atoms with E-state index in [1.165, 1.54) is 6.21 Å². The van der Waals surface area contributed by atoms with Crippen molar-refractivity contribution >= 4 is 29.8 Å². The number of hydrogen-bond donors (Lipinski definition) is 1. The molecule has 25 heavy (non-hydrogen) atoms. The summed E-state index contributed by atoms with van der Waals surface area (Å²) in [5.74, 6) is 0.217. The average molecular weight is 358 g/mol. The van der Waals surface area contributed by atoms with E-state index in [1.807, 2.05) is 0 Å². The zero-order valence-electron chi connectivity index (χ0n) is 13.7. The summed E-state index contributed by atoms with van der Waals surface area (Å²) >= 11 is 5.83. The number of nitrogens with zero attached hydrogens (tertiary/aromatic N) is 2. The fourth-order valence-corrected chi connectivity index (χ4v) is 2.65. The van der Waals surface area contributed by atoms with Gasteiger partial charge < -0.3 is 10.1 Å². The van der Waals surface area contributed by atoms with Crippen LogP contribution in [0.1, 0.15) is 18.1 Å². The molecular formula is C18H16ClN3O3. The number of halogens is 1. The molecule has 128 valence electrons. The SMILES string of the molecule is COc1ccc([C@@]2(C)NC(=O)N(/N=C\c3ccc(Cl)cc3)C2=O)cc1. The molecule has 7 heteroatoms. The van der Waals surface area contributed by atoms with E-state index >= 15 is 0 Å². The lowest BCUT2D eigenvalue weighted by atomic mass is 9.92. The predicted molar refractivity (Wildman–Crippen MR) is 94.8 cm³/mol. The van der Waals surface area contributed by atoms with Crippen LogP contribution in [0, 0.1) is 0 Å². The molecule has 0 saturated carbocycles. The van der Waals surface area contributed by atoms with Crippen molar-refractivity contribution in [1.82, 2.24) is 10.3 Å². The van der Waals surface area contributed by atoms with E-state index in [4.69, 9.17) is 16.3 Å². The smallest absolute Gasteiger partial charge is 0.346 e. The van der Waals surface area contributed by atoms with Crippen LogP contribution in [0.15, 0.2) is 53.6 Å². The molecule has 1 saturated heterocycles. The molecule has 2 aromatic rings. The van der Waals surface area contributed by atoms with Gasteiger partial charge in [-0.15, -0.1) is 5.01 Å². The molecule has 3 amide bonds. The molecule has 1 atom stereocenters. The summed E-state index contributed by atoms with van der Waals surface area (Å²) in [5, 5.41) is 8.14. The van der Waals surface area contributed by atoms with E-state index in [1.54, 1.807) is 62.6 Å². The van der Waals surface area contributed by atoms with Crippen molar-refractivity contribution in [2.45, 2.75) is 12.5 Å². The van der Waals surface area contributed by atoms with Crippen molar-refractivity contribution in [3.63, 3.8) is 0 Å². The summed E-state index contributed by atoms with van der Waals surface area (Å²) < 4.78 is 5.11. The van der Waals surface area contributed by atoms with Crippen molar-refractivity contribution in [2.75, 3.05) is 7.11 Å². The summed E-state index contributed by atoms with van der Waals surface area (Å²) in [4.78, 5) is 25.0. The van der Waals surface area contributed by atoms with Gasteiger partial charge in [-0.2, -0.15) is 5.10 Å². The van der Waals surface area contributed by atoms with Gasteiger partial charge in [-0.25, -0.2) is 4.79 Å². The van der Waals surface area contributed by atoms with E-state index in [9.17, 15) is 9.59 Å². The topological polar surface area (TPSA) is 71.0 Å². The van der Waals surface area contributed by atoms with Crippen LogP contribution in [-0.4, -0.2) is 30.3 Å². The third kappa shape index (κ3) is 3.21. The predicted octanol–water partition coefficient (Wildman–Crippen LogP) is 3.15. The zero-order chi connectivity index (χ0) is 18.0. The Morgan fingerprint density at radius 3 is 2.36 bits per heavy atom. The highest BCUT2D eigenvalue weighted by atomic mass is 35.5. The fraction of sp³-hybridized carbons (Fsp3) is 0.167. The first kappa shape index (κ1) is 17.0. The first-order chi connectivity index (χ1) is 11.9. The molecular weight excluding hydrogens is 342 g/mol. The second-order valence-corrected chi connectivity index (χ2v) is 6.13. The zero-order valence-corrected chi connectivity index (χ0v) is 14.4. The summed E-state index contributed by atoms with van der Waals surface area (Å²) in [6.45, 7) is 1.65. The van der Waals surface area contributed by atoms with Gasteiger partial charge in [0, 0.05) is 5.02 Å². The van der Waals surface area contributed by atoms with Crippen molar-refractivity contribution in [3.8, 4) is 5.75 Å². The van der Waals surface area contributed by atoms with E-state index in [0.717, 1.165) is 10.6 Å². The van der Waals surface area contributed by atoms with Gasteiger partial charge in [0.05, 0.1) is 13.3 Å². The monoisotopic (exact) mass is 357 g/mol. The van der Waals surface area contributed by atoms with E-state index < -0.39 is 17.5 Å². The number of hydrazone groups is 1. The molecule has 1 N–H and O–H groups in total. The number of benzene rings is 2. The summed E-state index contributed by atoms with van der Waals surface area (Å²) in [5.41, 5.74) is 0.194. The first-order valence-electron chi connectivity index (χ1n) is 7.55. The van der Waals surface area contributed by atoms with Gasteiger partial charge in [0.15, 0.2) is 0 Å². The highest BCUT2D eigenvalue weighted by Gasteiger charge is 2.49. The first-order valence-corrected chi connectivity index (χ1v) is 7.92. The average Bonchev–Trinajstić information content (AvgIpc) is 2.84. The van der Waals surface area contributed by atoms with Crippen LogP contribution in [0.4, 0.5) is 4.79 Å². The van der Waals surface area contributed by atoms with E-state index in [0.29, 0.717) is 16.3 Å². The number of rotatable bonds is 4. The highest BCUT2D eigenvalue weighted by Crippen LogP contribution is 2.30. The summed E-state index contributed by atoms with van der Waals surface area (Å²) in [6, 6.07) is 13.3. The number of methoxy groups -OCH3 is 1. The molecule has 0 unspecified atom stereocenters. The lowest BCUT2D eigenvalue weighted by Gasteiger charge is -2.21. The Morgan fingerprint density at radius 1 is 1.12 bits per heavy atom. The van der Waals surface area contributed by atoms with Crippen molar-refractivity contribution < 1.29 is 14.3 Å². The lowest BCUT2D eigenvalue weighted by molar-refractivity contribution is -0.131. The lowest BCUT2D eigenvalue weighted by Crippen LogP contribution is -2.40. The third-order valence-corrected chi connectivity index (χ3v) is 4.28. The number of ether oxygens (including phenoxy) is 1. The van der Waals surface area contributed by atoms with Crippen LogP contribution in [-0.2, 0) is 10.3 Å². The van der Waals surface area contributed by atoms with Gasteiger partial charge in [-0.3, -0.25) is 4.79 Å². The van der Waals surface area contributed by atoms with Gasteiger partial charge in [0.2, 0.25) is 0 Å². The highest BCUT2D eigenvalue weighted by molar-refractivity contribution is 6.30. The number of imide groups is 1. The van der Waals surface area contributed by atoms with E-state index in [-0.39, 0.29) is 0 Å². The molecule has 6 nitrogen and oxygen atoms in total. The maximum Gasteiger partial charge on any atom is 0.346 e. The molecule has 0 bridgehead atoms. The van der Waals surface area contributed by atoms with Crippen LogP contribution >= 0.6 is 11.6 Å². The third-order valence-electron chi connectivity index (χ3n) is 4.03. The normalized spacial score (nSPS) is 20.2. The molecule has 0 radical (unpaired) electrons. The van der Waals surface area contributed by atoms with Crippen molar-refractivity contribution in [2.24, 2.45) is 5.10 Å². The fourth-order valence-electron chi connectivity index (χ4n) is 2.52. The van der Waals surface area contributed by atoms with Crippen LogP contribution < -0.4 is 10.1 Å². The largest absolute Gasteiger partial charge is 0.497 e. The number of urea groups is 1. The van der Waals surface area contributed by atoms with Gasteiger partial charge in [-0.05, 0) is 42.3 Å². The standard InChI is InChI=1S/C18H16ClN3O3/c1-18(13-5-9-15(25-2)10-6-13)16(23)22(17(24)21-18)20-11-12-3-7-14(19)8-4-12/h3-11H,1-2H3,(H,21,24)/b20-11-/t18-/m1/s1. The summed E-state index contributed by atoms with van der Waals surface area (Å²) in [6.07, 6.45) is 1.44. The minimum absolute atomic E-state index is 0.451. The van der Waals surface area contributed by atoms with Crippen molar-refractivity contribution in [3.05, 3.63) is 64.7 Å². The number of amides is 3. The molecule has 1 aliphatic rings. The summed E-state index contributed by atoms with van der Waals surface area (Å²) in [7, 11) is 1.56. The van der Waals surface area contributed by atoms with E-state index in [2.05, 4.69) is 10.4 Å². The second-order valence-electron chi connectivity index (χ2n) is 5.70. The molecule has 0 spiro atoms. The van der Waals surface area contributed by atoms with Gasteiger partial charge >= 0.3 is 6.03 Å². The van der Waals surface area contributed by atoms with Gasteiger partial charge in [0.1, 0.15) is 11.3 Å². The molecule has 1 fully saturated rings. The minimum Gasteiger partial charge on any atom is -0.497 e. The van der Waals surface area contributed by atoms with Crippen LogP contribution in [0.2, 0.25) is 5.02 Å². The number of hydrogen-bond acceptors (Lipinski definition) is 4. The molecule has 0 aromatic heterocycles. The van der Waals surface area contributed by atoms with Crippen LogP contribution in [0.5, 0.6) is 5.75 Å². The van der Waals surface area contributed by atoms with Crippen LogP contribution in [0.25, 0.3) is 0 Å². The molecule has 0 aliphatic carbocycles. The minimum atomic E-state index is -1.18. The molecule has 1 aliphatic heterocycles. The Morgan fingerprint density at radius 2 is 1.76 bits per heavy atom. The quantitative estimate of drug-likeness (QED) is 0.675. The maximum atomic E-state index is 12.7. The Kier molecular flexibility index (Phi) is 4.46. The van der Waals surface area contributed by atoms with Gasteiger partial charge in [-0.1, -0.05) is 35.9 Å². The maximum absolute atomic E-state index is 12.7. The Balaban J connectivity index is 1.84. The second kappa shape index (κ2) is 6.57. The Labute approximate surface area is 150 Å². The number of nitrogens with one attached hydrogen (secondary N) is 1. The number of carbonyl (C=O) groups excluding carboxylic acids is 2. The van der Waals surface area contributed by atoms with Gasteiger partial charge in [0.25, 0.3) is 5.91 Å². The Hall–Kier alpha value is -2.86. The Bertz CT molecular complexity index is 834. The van der Waals surface area contributed by atoms with Crippen LogP contribution in [0.3, 0.4) is 0 Å². The molecule has 3 rings (SSSR count). The number of carbonyl (C=O) groups is 2. The molecule has 1 heterocycles.